The van der Waals surface area contributed by atoms with Crippen LogP contribution in [0.3, 0.4) is 0 Å². The normalized spacial score (nSPS) is 15.9. The number of nitrogens with zero attached hydrogens (tertiary/aromatic N) is 5. The number of anilines is 1. The zero-order chi connectivity index (χ0) is 17.1. The third-order valence-electron chi connectivity index (χ3n) is 4.24. The molecule has 1 aliphatic rings. The summed E-state index contributed by atoms with van der Waals surface area (Å²) in [6.07, 6.45) is 3.87. The molecule has 0 atom stereocenters. The van der Waals surface area contributed by atoms with Crippen LogP contribution in [-0.2, 0) is 6.54 Å². The molecule has 2 aromatic heterocycles. The number of hydrogen-bond acceptors (Lipinski definition) is 5. The molecule has 0 spiro atoms. The van der Waals surface area contributed by atoms with Crippen LogP contribution >= 0.6 is 0 Å². The van der Waals surface area contributed by atoms with Gasteiger partial charge in [0.2, 0.25) is 5.95 Å². The number of aromatic nitrogens is 4. The Hall–Kier alpha value is -2.38. The minimum atomic E-state index is -2.72. The summed E-state index contributed by atoms with van der Waals surface area (Å²) in [5.41, 5.74) is 0.125. The van der Waals surface area contributed by atoms with Crippen LogP contribution in [0.15, 0.2) is 29.6 Å². The Morgan fingerprint density at radius 1 is 1.21 bits per heavy atom. The largest absolute Gasteiger partial charge is 0.341 e. The van der Waals surface area contributed by atoms with Gasteiger partial charge >= 0.3 is 0 Å². The molecule has 1 aliphatic heterocycles. The zero-order valence-electron chi connectivity index (χ0n) is 13.4. The summed E-state index contributed by atoms with van der Waals surface area (Å²) in [5.74, 6) is 1.03. The molecule has 0 N–H and O–H groups in total. The fraction of sp³-hybridized carbons (Fsp3) is 0.500. The maximum atomic E-state index is 12.5. The van der Waals surface area contributed by atoms with Crippen molar-refractivity contribution in [1.29, 1.82) is 0 Å². The monoisotopic (exact) mass is 335 g/mol. The van der Waals surface area contributed by atoms with Gasteiger partial charge < -0.3 is 4.90 Å². The molecule has 6 nitrogen and oxygen atoms in total. The van der Waals surface area contributed by atoms with Crippen molar-refractivity contribution >= 4 is 5.95 Å². The Labute approximate surface area is 138 Å². The summed E-state index contributed by atoms with van der Waals surface area (Å²) in [5, 5.41) is 0. The van der Waals surface area contributed by atoms with Crippen LogP contribution in [0.4, 0.5) is 14.7 Å². The van der Waals surface area contributed by atoms with E-state index in [1.807, 2.05) is 6.92 Å². The van der Waals surface area contributed by atoms with Gasteiger partial charge in [-0.05, 0) is 31.2 Å². The van der Waals surface area contributed by atoms with E-state index in [2.05, 4.69) is 19.9 Å². The van der Waals surface area contributed by atoms with Gasteiger partial charge in [0.1, 0.15) is 5.69 Å². The van der Waals surface area contributed by atoms with E-state index in [1.165, 1.54) is 10.9 Å². The SMILES string of the molecule is Cc1cnc(N2CCC(Cn3cnc(C(F)F)cc3=O)CC2)nc1. The van der Waals surface area contributed by atoms with Gasteiger partial charge in [-0.15, -0.1) is 0 Å². The van der Waals surface area contributed by atoms with Gasteiger partial charge in [-0.2, -0.15) is 0 Å². The summed E-state index contributed by atoms with van der Waals surface area (Å²) < 4.78 is 26.5. The summed E-state index contributed by atoms with van der Waals surface area (Å²) >= 11 is 0. The Kier molecular flexibility index (Phi) is 4.82. The van der Waals surface area contributed by atoms with Crippen molar-refractivity contribution in [3.8, 4) is 0 Å². The number of alkyl halides is 2. The van der Waals surface area contributed by atoms with Gasteiger partial charge in [-0.25, -0.2) is 23.7 Å². The number of aryl methyl sites for hydroxylation is 1. The molecule has 0 aromatic carbocycles. The Morgan fingerprint density at radius 2 is 1.88 bits per heavy atom. The van der Waals surface area contributed by atoms with E-state index in [0.717, 1.165) is 43.5 Å². The van der Waals surface area contributed by atoms with Gasteiger partial charge in [-0.1, -0.05) is 0 Å². The highest BCUT2D eigenvalue weighted by Gasteiger charge is 2.22. The molecule has 2 aromatic rings. The lowest BCUT2D eigenvalue weighted by atomic mass is 9.97. The van der Waals surface area contributed by atoms with Crippen molar-refractivity contribution in [2.75, 3.05) is 18.0 Å². The molecule has 0 unspecified atom stereocenters. The van der Waals surface area contributed by atoms with Crippen molar-refractivity contribution in [2.45, 2.75) is 32.7 Å². The van der Waals surface area contributed by atoms with E-state index in [0.29, 0.717) is 12.5 Å². The lowest BCUT2D eigenvalue weighted by molar-refractivity contribution is 0.145. The van der Waals surface area contributed by atoms with Crippen molar-refractivity contribution in [1.82, 2.24) is 19.5 Å². The quantitative estimate of drug-likeness (QED) is 0.857. The minimum Gasteiger partial charge on any atom is -0.341 e. The first-order valence-corrected chi connectivity index (χ1v) is 7.91. The third kappa shape index (κ3) is 3.74. The first kappa shape index (κ1) is 16.5. The van der Waals surface area contributed by atoms with Gasteiger partial charge in [-0.3, -0.25) is 9.36 Å². The van der Waals surface area contributed by atoms with Crippen LogP contribution in [0.5, 0.6) is 0 Å². The molecular formula is C16H19F2N5O. The topological polar surface area (TPSA) is 63.9 Å². The maximum absolute atomic E-state index is 12.5. The highest BCUT2D eigenvalue weighted by Crippen LogP contribution is 2.21. The van der Waals surface area contributed by atoms with E-state index < -0.39 is 17.7 Å². The molecule has 0 aliphatic carbocycles. The second-order valence-corrected chi connectivity index (χ2v) is 6.10. The third-order valence-corrected chi connectivity index (χ3v) is 4.24. The molecule has 24 heavy (non-hydrogen) atoms. The molecule has 128 valence electrons. The van der Waals surface area contributed by atoms with E-state index >= 15 is 0 Å². The number of piperidine rings is 1. The van der Waals surface area contributed by atoms with Crippen molar-refractivity contribution < 1.29 is 8.78 Å². The molecule has 1 fully saturated rings. The first-order valence-electron chi connectivity index (χ1n) is 7.91. The second kappa shape index (κ2) is 7.02. The smallest absolute Gasteiger partial charge is 0.280 e. The minimum absolute atomic E-state index is 0.309. The predicted molar refractivity (Wildman–Crippen MR) is 85.2 cm³/mol. The van der Waals surface area contributed by atoms with Crippen LogP contribution in [0.1, 0.15) is 30.5 Å². The average Bonchev–Trinajstić information content (AvgIpc) is 2.58. The summed E-state index contributed by atoms with van der Waals surface area (Å²) in [6, 6.07) is 0.917. The van der Waals surface area contributed by atoms with Crippen LogP contribution in [0, 0.1) is 12.8 Å². The number of hydrogen-bond donors (Lipinski definition) is 0. The predicted octanol–water partition coefficient (Wildman–Crippen LogP) is 2.20. The van der Waals surface area contributed by atoms with Gasteiger partial charge in [0.05, 0.1) is 6.33 Å². The summed E-state index contributed by atoms with van der Waals surface area (Å²) in [6.45, 7) is 4.06. The lowest BCUT2D eigenvalue weighted by Gasteiger charge is -2.32. The number of rotatable bonds is 4. The fourth-order valence-electron chi connectivity index (χ4n) is 2.84. The maximum Gasteiger partial charge on any atom is 0.280 e. The van der Waals surface area contributed by atoms with E-state index in [9.17, 15) is 13.6 Å². The van der Waals surface area contributed by atoms with Gasteiger partial charge in [0, 0.05) is 38.1 Å². The molecule has 0 radical (unpaired) electrons. The Bertz CT molecular complexity index is 739. The Morgan fingerprint density at radius 3 is 2.46 bits per heavy atom. The molecule has 0 amide bonds. The van der Waals surface area contributed by atoms with Crippen LogP contribution in [-0.4, -0.2) is 32.6 Å². The second-order valence-electron chi connectivity index (χ2n) is 6.10. The van der Waals surface area contributed by atoms with Crippen LogP contribution in [0.25, 0.3) is 0 Å². The number of halogens is 2. The highest BCUT2D eigenvalue weighted by molar-refractivity contribution is 5.30. The molecule has 8 heteroatoms. The first-order chi connectivity index (χ1) is 11.5. The molecule has 0 bridgehead atoms. The van der Waals surface area contributed by atoms with Crippen LogP contribution in [0.2, 0.25) is 0 Å². The zero-order valence-corrected chi connectivity index (χ0v) is 13.4. The molecular weight excluding hydrogens is 316 g/mol. The van der Waals surface area contributed by atoms with E-state index in [-0.39, 0.29) is 0 Å². The van der Waals surface area contributed by atoms with Crippen molar-refractivity contribution in [3.63, 3.8) is 0 Å². The molecule has 1 saturated heterocycles. The Balaban J connectivity index is 1.59. The summed E-state index contributed by atoms with van der Waals surface area (Å²) in [7, 11) is 0. The van der Waals surface area contributed by atoms with E-state index in [4.69, 9.17) is 0 Å². The average molecular weight is 335 g/mol. The molecule has 0 saturated carbocycles. The highest BCUT2D eigenvalue weighted by atomic mass is 19.3. The summed E-state index contributed by atoms with van der Waals surface area (Å²) in [4.78, 5) is 26.3. The lowest BCUT2D eigenvalue weighted by Crippen LogP contribution is -2.37. The molecule has 3 rings (SSSR count). The van der Waals surface area contributed by atoms with Gasteiger partial charge in [0.25, 0.3) is 12.0 Å². The fourth-order valence-corrected chi connectivity index (χ4v) is 2.84. The van der Waals surface area contributed by atoms with E-state index in [1.54, 1.807) is 12.4 Å². The van der Waals surface area contributed by atoms with Crippen molar-refractivity contribution in [2.24, 2.45) is 5.92 Å². The standard InChI is InChI=1S/C16H19F2N5O/c1-11-7-19-16(20-8-11)22-4-2-12(3-5-22)9-23-10-21-13(15(17)18)6-14(23)24/h6-8,10,12,15H,2-5,9H2,1H3. The van der Waals surface area contributed by atoms with Gasteiger partial charge in [0.15, 0.2) is 0 Å². The molecule has 3 heterocycles. The van der Waals surface area contributed by atoms with Crippen molar-refractivity contribution in [3.05, 3.63) is 46.4 Å². The van der Waals surface area contributed by atoms with Crippen LogP contribution < -0.4 is 10.5 Å².